The van der Waals surface area contributed by atoms with Gasteiger partial charge in [-0.1, -0.05) is 12.1 Å². The molecule has 0 bridgehead atoms. The molecule has 0 aliphatic carbocycles. The summed E-state index contributed by atoms with van der Waals surface area (Å²) >= 11 is 0. The number of carbonyl (C=O) groups is 2. The first-order chi connectivity index (χ1) is 15.7. The predicted octanol–water partition coefficient (Wildman–Crippen LogP) is 5.30. The van der Waals surface area contributed by atoms with Gasteiger partial charge in [0.05, 0.1) is 23.2 Å². The van der Waals surface area contributed by atoms with Crippen LogP contribution in [-0.4, -0.2) is 21.6 Å². The molecule has 0 radical (unpaired) electrons. The third-order valence-electron chi connectivity index (χ3n) is 4.62. The summed E-state index contributed by atoms with van der Waals surface area (Å²) in [5.74, 6) is -0.694. The van der Waals surface area contributed by atoms with E-state index >= 15 is 0 Å². The van der Waals surface area contributed by atoms with Crippen molar-refractivity contribution in [2.75, 3.05) is 10.6 Å². The molecular formula is C23H17F3N4O3. The van der Waals surface area contributed by atoms with Crippen LogP contribution in [0.3, 0.4) is 0 Å². The van der Waals surface area contributed by atoms with E-state index in [9.17, 15) is 22.8 Å². The molecule has 2 aromatic heterocycles. The van der Waals surface area contributed by atoms with Crippen LogP contribution in [0.2, 0.25) is 0 Å². The van der Waals surface area contributed by atoms with Crippen molar-refractivity contribution in [1.82, 2.24) is 9.78 Å². The molecule has 0 aliphatic rings. The molecule has 0 spiro atoms. The lowest BCUT2D eigenvalue weighted by atomic mass is 10.2. The number of anilines is 2. The van der Waals surface area contributed by atoms with Gasteiger partial charge >= 0.3 is 6.18 Å². The SMILES string of the molecule is Cc1cc(NC(=O)c2cccc(NC(=O)c3ccco3)c2)n(-c2cccc(C(F)(F)F)c2)n1. The van der Waals surface area contributed by atoms with Crippen LogP contribution in [0.15, 0.2) is 77.4 Å². The summed E-state index contributed by atoms with van der Waals surface area (Å²) in [6, 6.07) is 15.5. The molecule has 2 aromatic carbocycles. The summed E-state index contributed by atoms with van der Waals surface area (Å²) in [7, 11) is 0. The summed E-state index contributed by atoms with van der Waals surface area (Å²) in [4.78, 5) is 25.0. The first kappa shape index (κ1) is 21.9. The molecular weight excluding hydrogens is 437 g/mol. The Labute approximate surface area is 185 Å². The molecule has 33 heavy (non-hydrogen) atoms. The number of nitrogens with one attached hydrogen (secondary N) is 2. The van der Waals surface area contributed by atoms with Crippen molar-refractivity contribution >= 4 is 23.3 Å². The van der Waals surface area contributed by atoms with Gasteiger partial charge in [0.25, 0.3) is 11.8 Å². The van der Waals surface area contributed by atoms with Crippen LogP contribution < -0.4 is 10.6 Å². The van der Waals surface area contributed by atoms with Crippen LogP contribution in [0.4, 0.5) is 24.7 Å². The van der Waals surface area contributed by atoms with Crippen molar-refractivity contribution in [1.29, 1.82) is 0 Å². The second kappa shape index (κ2) is 8.65. The molecule has 0 saturated carbocycles. The van der Waals surface area contributed by atoms with E-state index in [1.807, 2.05) is 0 Å². The Kier molecular flexibility index (Phi) is 5.74. The number of benzene rings is 2. The molecule has 2 heterocycles. The maximum atomic E-state index is 13.1. The fourth-order valence-electron chi connectivity index (χ4n) is 3.13. The first-order valence-corrected chi connectivity index (χ1v) is 9.71. The zero-order chi connectivity index (χ0) is 23.6. The quantitative estimate of drug-likeness (QED) is 0.429. The molecule has 0 aliphatic heterocycles. The van der Waals surface area contributed by atoms with E-state index in [0.717, 1.165) is 12.1 Å². The Hall–Kier alpha value is -4.34. The molecule has 0 unspecified atom stereocenters. The van der Waals surface area contributed by atoms with Gasteiger partial charge in [-0.25, -0.2) is 4.68 Å². The van der Waals surface area contributed by atoms with Crippen LogP contribution >= 0.6 is 0 Å². The lowest BCUT2D eigenvalue weighted by molar-refractivity contribution is -0.137. The number of alkyl halides is 3. The molecule has 2 amide bonds. The van der Waals surface area contributed by atoms with Gasteiger partial charge in [0.15, 0.2) is 5.76 Å². The van der Waals surface area contributed by atoms with Gasteiger partial charge in [-0.2, -0.15) is 18.3 Å². The summed E-state index contributed by atoms with van der Waals surface area (Å²) in [6.45, 7) is 1.66. The van der Waals surface area contributed by atoms with E-state index in [4.69, 9.17) is 4.42 Å². The Morgan fingerprint density at radius 1 is 0.939 bits per heavy atom. The summed E-state index contributed by atoms with van der Waals surface area (Å²) in [5, 5.41) is 9.49. The molecule has 10 heteroatoms. The van der Waals surface area contributed by atoms with Gasteiger partial charge in [-0.05, 0) is 55.5 Å². The number of aryl methyl sites for hydroxylation is 1. The number of aromatic nitrogens is 2. The number of furan rings is 1. The highest BCUT2D eigenvalue weighted by Crippen LogP contribution is 2.31. The van der Waals surface area contributed by atoms with Crippen molar-refractivity contribution in [2.45, 2.75) is 13.1 Å². The van der Waals surface area contributed by atoms with E-state index < -0.39 is 23.6 Å². The van der Waals surface area contributed by atoms with E-state index in [1.54, 1.807) is 31.2 Å². The Morgan fingerprint density at radius 3 is 2.45 bits per heavy atom. The van der Waals surface area contributed by atoms with Crippen molar-refractivity contribution in [3.05, 3.63) is 95.6 Å². The summed E-state index contributed by atoms with van der Waals surface area (Å²) in [6.07, 6.45) is -3.14. The van der Waals surface area contributed by atoms with Crippen LogP contribution in [0.5, 0.6) is 0 Å². The Balaban J connectivity index is 1.56. The third kappa shape index (κ3) is 4.95. The molecule has 4 rings (SSSR count). The Bertz CT molecular complexity index is 1310. The summed E-state index contributed by atoms with van der Waals surface area (Å²) in [5.41, 5.74) is 0.411. The van der Waals surface area contributed by atoms with Crippen LogP contribution in [0.1, 0.15) is 32.2 Å². The number of halogens is 3. The molecule has 0 saturated heterocycles. The standard InChI is InChI=1S/C23H17F3N4O3/c1-14-11-20(30(29-14)18-8-3-6-16(13-18)23(24,25)26)28-21(31)15-5-2-7-17(12-15)27-22(32)19-9-4-10-33-19/h2-13H,1H3,(H,27,32)(H,28,31). The van der Waals surface area contributed by atoms with Crippen LogP contribution in [0.25, 0.3) is 5.69 Å². The van der Waals surface area contributed by atoms with Crippen LogP contribution in [0, 0.1) is 6.92 Å². The minimum Gasteiger partial charge on any atom is -0.459 e. The second-order valence-corrected chi connectivity index (χ2v) is 7.10. The van der Waals surface area contributed by atoms with Gasteiger partial charge in [-0.15, -0.1) is 0 Å². The van der Waals surface area contributed by atoms with E-state index in [0.29, 0.717) is 11.4 Å². The highest BCUT2D eigenvalue weighted by atomic mass is 19.4. The van der Waals surface area contributed by atoms with E-state index in [2.05, 4.69) is 15.7 Å². The highest BCUT2D eigenvalue weighted by molar-refractivity contribution is 6.06. The zero-order valence-electron chi connectivity index (χ0n) is 17.2. The maximum Gasteiger partial charge on any atom is 0.416 e. The van der Waals surface area contributed by atoms with E-state index in [-0.39, 0.29) is 22.8 Å². The smallest absolute Gasteiger partial charge is 0.416 e. The van der Waals surface area contributed by atoms with Crippen molar-refractivity contribution in [3.8, 4) is 5.69 Å². The van der Waals surface area contributed by atoms with Gasteiger partial charge in [0.2, 0.25) is 0 Å². The van der Waals surface area contributed by atoms with Gasteiger partial charge in [0.1, 0.15) is 5.82 Å². The number of amides is 2. The normalized spacial score (nSPS) is 11.3. The lowest BCUT2D eigenvalue weighted by Crippen LogP contribution is -2.16. The molecule has 7 nitrogen and oxygen atoms in total. The largest absolute Gasteiger partial charge is 0.459 e. The van der Waals surface area contributed by atoms with Gasteiger partial charge in [-0.3, -0.25) is 9.59 Å². The molecule has 2 N–H and O–H groups in total. The number of hydrogen-bond donors (Lipinski definition) is 2. The highest BCUT2D eigenvalue weighted by Gasteiger charge is 2.30. The fraction of sp³-hybridized carbons (Fsp3) is 0.0870. The average molecular weight is 454 g/mol. The van der Waals surface area contributed by atoms with Crippen LogP contribution in [-0.2, 0) is 6.18 Å². The van der Waals surface area contributed by atoms with Crippen molar-refractivity contribution < 1.29 is 27.2 Å². The monoisotopic (exact) mass is 454 g/mol. The minimum absolute atomic E-state index is 0.116. The molecule has 0 atom stereocenters. The topological polar surface area (TPSA) is 89.2 Å². The maximum absolute atomic E-state index is 13.1. The predicted molar refractivity (Wildman–Crippen MR) is 114 cm³/mol. The lowest BCUT2D eigenvalue weighted by Gasteiger charge is -2.12. The van der Waals surface area contributed by atoms with Crippen molar-refractivity contribution in [3.63, 3.8) is 0 Å². The fourth-order valence-corrected chi connectivity index (χ4v) is 3.13. The molecule has 0 fully saturated rings. The minimum atomic E-state index is -4.51. The zero-order valence-corrected chi connectivity index (χ0v) is 17.2. The van der Waals surface area contributed by atoms with E-state index in [1.165, 1.54) is 41.3 Å². The average Bonchev–Trinajstić information content (AvgIpc) is 3.43. The molecule has 168 valence electrons. The summed E-state index contributed by atoms with van der Waals surface area (Å²) < 4.78 is 45.6. The third-order valence-corrected chi connectivity index (χ3v) is 4.62. The van der Waals surface area contributed by atoms with Gasteiger partial charge in [0, 0.05) is 17.3 Å². The molecule has 4 aromatic rings. The Morgan fingerprint density at radius 2 is 1.73 bits per heavy atom. The van der Waals surface area contributed by atoms with Gasteiger partial charge < -0.3 is 15.1 Å². The second-order valence-electron chi connectivity index (χ2n) is 7.10. The number of hydrogen-bond acceptors (Lipinski definition) is 4. The van der Waals surface area contributed by atoms with Crippen molar-refractivity contribution in [2.24, 2.45) is 0 Å². The number of carbonyl (C=O) groups excluding carboxylic acids is 2. The first-order valence-electron chi connectivity index (χ1n) is 9.71. The number of nitrogens with zero attached hydrogens (tertiary/aromatic N) is 2. The number of rotatable bonds is 5.